The highest BCUT2D eigenvalue weighted by Gasteiger charge is 2.26. The van der Waals surface area contributed by atoms with Crippen molar-refractivity contribution in [1.29, 1.82) is 0 Å². The summed E-state index contributed by atoms with van der Waals surface area (Å²) in [7, 11) is -1.52. The van der Waals surface area contributed by atoms with Crippen LogP contribution in [0.5, 0.6) is 0 Å². The van der Waals surface area contributed by atoms with Crippen molar-refractivity contribution >= 4 is 37.3 Å². The predicted octanol–water partition coefficient (Wildman–Crippen LogP) is 2.26. The van der Waals surface area contributed by atoms with E-state index in [1.165, 1.54) is 15.6 Å². The third-order valence-corrected chi connectivity index (χ3v) is 6.68. The fourth-order valence-electron chi connectivity index (χ4n) is 1.54. The van der Waals surface area contributed by atoms with Gasteiger partial charge in [-0.3, -0.25) is 0 Å². The minimum atomic E-state index is -3.36. The molecule has 0 bridgehead atoms. The number of rotatable bonds is 6. The van der Waals surface area contributed by atoms with E-state index in [9.17, 15) is 8.42 Å². The minimum Gasteiger partial charge on any atom is -0.315 e. The lowest BCUT2D eigenvalue weighted by atomic mass is 10.5. The quantitative estimate of drug-likeness (QED) is 0.864. The largest absolute Gasteiger partial charge is 0.315 e. The maximum absolute atomic E-state index is 12.3. The SMILES string of the molecule is CCN(CC)S(=O)(=O)c1cc(CNC)sc1Br. The molecular weight excluding hydrogens is 324 g/mol. The van der Waals surface area contributed by atoms with Gasteiger partial charge >= 0.3 is 0 Å². The third-order valence-electron chi connectivity index (χ3n) is 2.38. The summed E-state index contributed by atoms with van der Waals surface area (Å²) in [4.78, 5) is 1.38. The number of nitrogens with one attached hydrogen (secondary N) is 1. The fourth-order valence-corrected chi connectivity index (χ4v) is 5.64. The molecule has 0 spiro atoms. The molecule has 0 aliphatic heterocycles. The standard InChI is InChI=1S/C10H17BrN2O2S2/c1-4-13(5-2)17(14,15)9-6-8(7-12-3)16-10(9)11/h6,12H,4-5,7H2,1-3H3. The van der Waals surface area contributed by atoms with Gasteiger partial charge in [0.25, 0.3) is 0 Å². The number of nitrogens with zero attached hydrogens (tertiary/aromatic N) is 1. The van der Waals surface area contributed by atoms with Crippen molar-refractivity contribution in [1.82, 2.24) is 9.62 Å². The van der Waals surface area contributed by atoms with Crippen LogP contribution in [0, 0.1) is 0 Å². The Morgan fingerprint density at radius 3 is 2.47 bits per heavy atom. The second-order valence-electron chi connectivity index (χ2n) is 3.47. The van der Waals surface area contributed by atoms with Gasteiger partial charge in [0.05, 0.1) is 3.79 Å². The van der Waals surface area contributed by atoms with Crippen LogP contribution in [0.1, 0.15) is 18.7 Å². The van der Waals surface area contributed by atoms with Crippen molar-refractivity contribution < 1.29 is 8.42 Å². The number of hydrogen-bond acceptors (Lipinski definition) is 4. The third kappa shape index (κ3) is 3.29. The van der Waals surface area contributed by atoms with Crippen molar-refractivity contribution in [3.8, 4) is 0 Å². The van der Waals surface area contributed by atoms with Crippen molar-refractivity contribution in [3.63, 3.8) is 0 Å². The lowest BCUT2D eigenvalue weighted by Crippen LogP contribution is -2.30. The predicted molar refractivity (Wildman–Crippen MR) is 74.9 cm³/mol. The van der Waals surface area contributed by atoms with E-state index < -0.39 is 10.0 Å². The average molecular weight is 341 g/mol. The van der Waals surface area contributed by atoms with Gasteiger partial charge in [-0.1, -0.05) is 13.8 Å². The summed E-state index contributed by atoms with van der Waals surface area (Å²) >= 11 is 4.79. The van der Waals surface area contributed by atoms with E-state index in [-0.39, 0.29) is 0 Å². The molecule has 0 aliphatic rings. The summed E-state index contributed by atoms with van der Waals surface area (Å²) in [6.45, 7) is 5.34. The maximum Gasteiger partial charge on any atom is 0.245 e. The summed E-state index contributed by atoms with van der Waals surface area (Å²) in [5.41, 5.74) is 0. The zero-order valence-electron chi connectivity index (χ0n) is 10.2. The van der Waals surface area contributed by atoms with E-state index in [0.29, 0.717) is 28.3 Å². The van der Waals surface area contributed by atoms with Crippen molar-refractivity contribution in [2.75, 3.05) is 20.1 Å². The highest BCUT2D eigenvalue weighted by Crippen LogP contribution is 2.33. The number of sulfonamides is 1. The molecule has 7 heteroatoms. The van der Waals surface area contributed by atoms with Crippen LogP contribution in [-0.4, -0.2) is 32.9 Å². The molecule has 0 saturated heterocycles. The van der Waals surface area contributed by atoms with Crippen LogP contribution in [0.4, 0.5) is 0 Å². The summed E-state index contributed by atoms with van der Waals surface area (Å²) in [5, 5.41) is 3.01. The van der Waals surface area contributed by atoms with Gasteiger partial charge in [-0.05, 0) is 29.0 Å². The van der Waals surface area contributed by atoms with E-state index in [1.54, 1.807) is 6.07 Å². The Morgan fingerprint density at radius 1 is 1.41 bits per heavy atom. The van der Waals surface area contributed by atoms with Crippen molar-refractivity contribution in [3.05, 3.63) is 14.7 Å². The van der Waals surface area contributed by atoms with Crippen LogP contribution >= 0.6 is 27.3 Å². The van der Waals surface area contributed by atoms with E-state index >= 15 is 0 Å². The van der Waals surface area contributed by atoms with Gasteiger partial charge in [0.2, 0.25) is 10.0 Å². The number of hydrogen-bond donors (Lipinski definition) is 1. The molecule has 0 fully saturated rings. The van der Waals surface area contributed by atoms with Crippen molar-refractivity contribution in [2.24, 2.45) is 0 Å². The van der Waals surface area contributed by atoms with E-state index in [4.69, 9.17) is 0 Å². The molecular formula is C10H17BrN2O2S2. The Bertz CT molecular complexity index is 467. The van der Waals surface area contributed by atoms with E-state index in [2.05, 4.69) is 21.2 Å². The molecule has 4 nitrogen and oxygen atoms in total. The molecule has 1 heterocycles. The monoisotopic (exact) mass is 340 g/mol. The molecule has 1 rings (SSSR count). The van der Waals surface area contributed by atoms with Gasteiger partial charge < -0.3 is 5.32 Å². The first-order valence-electron chi connectivity index (χ1n) is 5.40. The molecule has 1 aromatic rings. The van der Waals surface area contributed by atoms with Gasteiger partial charge in [0.1, 0.15) is 4.90 Å². The first kappa shape index (κ1) is 15.1. The van der Waals surface area contributed by atoms with Crippen LogP contribution in [0.15, 0.2) is 14.7 Å². The van der Waals surface area contributed by atoms with Crippen LogP contribution < -0.4 is 5.32 Å². The number of thiophene rings is 1. The van der Waals surface area contributed by atoms with Crippen LogP contribution in [-0.2, 0) is 16.6 Å². The highest BCUT2D eigenvalue weighted by molar-refractivity contribution is 9.11. The molecule has 0 atom stereocenters. The maximum atomic E-state index is 12.3. The Hall–Kier alpha value is 0.0500. The average Bonchev–Trinajstić information content (AvgIpc) is 2.62. The summed E-state index contributed by atoms with van der Waals surface area (Å²) < 4.78 is 26.8. The van der Waals surface area contributed by atoms with Crippen LogP contribution in [0.2, 0.25) is 0 Å². The topological polar surface area (TPSA) is 49.4 Å². The Labute approximate surface area is 115 Å². The summed E-state index contributed by atoms with van der Waals surface area (Å²) in [5.74, 6) is 0. The van der Waals surface area contributed by atoms with E-state index in [0.717, 1.165) is 4.88 Å². The van der Waals surface area contributed by atoms with Crippen molar-refractivity contribution in [2.45, 2.75) is 25.3 Å². The molecule has 0 saturated carbocycles. The smallest absolute Gasteiger partial charge is 0.245 e. The molecule has 98 valence electrons. The second kappa shape index (κ2) is 6.29. The van der Waals surface area contributed by atoms with Gasteiger partial charge in [-0.2, -0.15) is 4.31 Å². The van der Waals surface area contributed by atoms with Gasteiger partial charge in [0, 0.05) is 24.5 Å². The van der Waals surface area contributed by atoms with Gasteiger partial charge in [0.15, 0.2) is 0 Å². The Kier molecular flexibility index (Phi) is 5.59. The second-order valence-corrected chi connectivity index (χ2v) is 7.83. The van der Waals surface area contributed by atoms with Gasteiger partial charge in [-0.25, -0.2) is 8.42 Å². The molecule has 1 N–H and O–H groups in total. The Balaban J connectivity index is 3.14. The molecule has 0 aliphatic carbocycles. The van der Waals surface area contributed by atoms with E-state index in [1.807, 2.05) is 20.9 Å². The molecule has 0 radical (unpaired) electrons. The molecule has 0 amide bonds. The lowest BCUT2D eigenvalue weighted by molar-refractivity contribution is 0.445. The lowest BCUT2D eigenvalue weighted by Gasteiger charge is -2.17. The first-order chi connectivity index (χ1) is 7.97. The number of halogens is 1. The molecule has 0 unspecified atom stereocenters. The molecule has 0 aromatic carbocycles. The van der Waals surface area contributed by atoms with Crippen LogP contribution in [0.25, 0.3) is 0 Å². The Morgan fingerprint density at radius 2 is 2.00 bits per heavy atom. The normalized spacial score (nSPS) is 12.3. The van der Waals surface area contributed by atoms with Gasteiger partial charge in [-0.15, -0.1) is 11.3 Å². The fraction of sp³-hybridized carbons (Fsp3) is 0.600. The molecule has 1 aromatic heterocycles. The first-order valence-corrected chi connectivity index (χ1v) is 8.45. The van der Waals surface area contributed by atoms with Crippen LogP contribution in [0.3, 0.4) is 0 Å². The molecule has 17 heavy (non-hydrogen) atoms. The zero-order valence-corrected chi connectivity index (χ0v) is 13.4. The summed E-state index contributed by atoms with van der Waals surface area (Å²) in [6.07, 6.45) is 0. The highest BCUT2D eigenvalue weighted by atomic mass is 79.9. The minimum absolute atomic E-state index is 0.372. The zero-order chi connectivity index (χ0) is 13.1. The summed E-state index contributed by atoms with van der Waals surface area (Å²) in [6, 6.07) is 1.74.